The lowest BCUT2D eigenvalue weighted by atomic mass is 9.96. The molecule has 1 aromatic rings. The van der Waals surface area contributed by atoms with E-state index in [0.717, 1.165) is 30.6 Å². The van der Waals surface area contributed by atoms with Gasteiger partial charge in [-0.1, -0.05) is 26.2 Å². The van der Waals surface area contributed by atoms with Crippen molar-refractivity contribution in [3.05, 3.63) is 23.8 Å². The summed E-state index contributed by atoms with van der Waals surface area (Å²) in [7, 11) is 0. The van der Waals surface area contributed by atoms with E-state index in [-0.39, 0.29) is 23.6 Å². The Labute approximate surface area is 170 Å². The van der Waals surface area contributed by atoms with Crippen LogP contribution >= 0.6 is 11.8 Å². The number of carbonyl (C=O) groups excluding carboxylic acids is 3. The molecule has 2 aliphatic rings. The number of nitrogens with zero attached hydrogens (tertiary/aromatic N) is 1. The highest BCUT2D eigenvalue weighted by molar-refractivity contribution is 8.00. The maximum atomic E-state index is 12.9. The molecule has 0 spiro atoms. The lowest BCUT2D eigenvalue weighted by molar-refractivity contribution is -0.126. The topological polar surface area (TPSA) is 78.5 Å². The van der Waals surface area contributed by atoms with Crippen molar-refractivity contribution in [1.82, 2.24) is 10.2 Å². The van der Waals surface area contributed by atoms with Crippen LogP contribution in [0.5, 0.6) is 0 Å². The summed E-state index contributed by atoms with van der Waals surface area (Å²) in [5.41, 5.74) is 1.26. The molecule has 0 aromatic heterocycles. The first-order valence-electron chi connectivity index (χ1n) is 10.2. The Kier molecular flexibility index (Phi) is 7.36. The van der Waals surface area contributed by atoms with Crippen molar-refractivity contribution in [3.63, 3.8) is 0 Å². The first-order chi connectivity index (χ1) is 13.6. The Bertz CT molecular complexity index is 738. The highest BCUT2D eigenvalue weighted by Gasteiger charge is 2.29. The van der Waals surface area contributed by atoms with E-state index in [4.69, 9.17) is 0 Å². The Hall–Kier alpha value is -2.02. The van der Waals surface area contributed by atoms with Gasteiger partial charge < -0.3 is 15.5 Å². The Balaban J connectivity index is 1.56. The number of benzene rings is 1. The van der Waals surface area contributed by atoms with E-state index in [2.05, 4.69) is 17.6 Å². The van der Waals surface area contributed by atoms with Crippen molar-refractivity contribution in [1.29, 1.82) is 0 Å². The third kappa shape index (κ3) is 5.28. The lowest BCUT2D eigenvalue weighted by Gasteiger charge is -2.32. The van der Waals surface area contributed by atoms with Gasteiger partial charge in [0, 0.05) is 30.1 Å². The minimum Gasteiger partial charge on any atom is -0.356 e. The summed E-state index contributed by atoms with van der Waals surface area (Å²) in [6, 6.07) is 5.44. The van der Waals surface area contributed by atoms with Crippen LogP contribution in [0.1, 0.15) is 55.8 Å². The molecule has 3 rings (SSSR count). The van der Waals surface area contributed by atoms with Gasteiger partial charge >= 0.3 is 0 Å². The van der Waals surface area contributed by atoms with E-state index in [0.29, 0.717) is 36.6 Å². The molecule has 152 valence electrons. The molecule has 1 aromatic carbocycles. The molecule has 0 aliphatic carbocycles. The second-order valence-corrected chi connectivity index (χ2v) is 8.51. The van der Waals surface area contributed by atoms with Gasteiger partial charge in [0.1, 0.15) is 0 Å². The van der Waals surface area contributed by atoms with Crippen LogP contribution in [0.3, 0.4) is 0 Å². The number of rotatable bonds is 7. The number of carbonyl (C=O) groups is 3. The lowest BCUT2D eigenvalue weighted by Crippen LogP contribution is -2.45. The summed E-state index contributed by atoms with van der Waals surface area (Å²) in [5.74, 6) is 0.199. The molecule has 7 heteroatoms. The largest absolute Gasteiger partial charge is 0.356 e. The van der Waals surface area contributed by atoms with E-state index in [1.807, 2.05) is 12.1 Å². The van der Waals surface area contributed by atoms with Gasteiger partial charge in [0.25, 0.3) is 5.91 Å². The Morgan fingerprint density at radius 1 is 1.29 bits per heavy atom. The molecular formula is C21H29N3O3S. The van der Waals surface area contributed by atoms with E-state index in [1.165, 1.54) is 24.6 Å². The van der Waals surface area contributed by atoms with Gasteiger partial charge in [0.05, 0.1) is 17.4 Å². The van der Waals surface area contributed by atoms with Gasteiger partial charge in [-0.05, 0) is 37.5 Å². The average molecular weight is 404 g/mol. The van der Waals surface area contributed by atoms with Crippen LogP contribution in [0.4, 0.5) is 5.69 Å². The zero-order chi connectivity index (χ0) is 19.9. The third-order valence-corrected chi connectivity index (χ3v) is 6.34. The molecule has 2 aliphatic heterocycles. The summed E-state index contributed by atoms with van der Waals surface area (Å²) < 4.78 is 0. The maximum Gasteiger partial charge on any atom is 0.253 e. The summed E-state index contributed by atoms with van der Waals surface area (Å²) in [6.07, 6.45) is 6.17. The second-order valence-electron chi connectivity index (χ2n) is 7.49. The summed E-state index contributed by atoms with van der Waals surface area (Å²) in [6.45, 7) is 4.00. The Morgan fingerprint density at radius 2 is 2.14 bits per heavy atom. The molecular weight excluding hydrogens is 374 g/mol. The van der Waals surface area contributed by atoms with Crippen LogP contribution in [0, 0.1) is 5.92 Å². The molecule has 1 atom stereocenters. The minimum atomic E-state index is -0.142. The van der Waals surface area contributed by atoms with Gasteiger partial charge in [0.2, 0.25) is 11.8 Å². The normalized spacial score (nSPS) is 19.0. The van der Waals surface area contributed by atoms with Crippen molar-refractivity contribution in [2.24, 2.45) is 5.92 Å². The standard InChI is InChI=1S/C21H29N3O3S/c1-2-3-4-5-10-22-20(26)16-7-6-11-24(13-16)21(27)15-8-9-18-17(12-15)23-19(25)14-28-18/h8-9,12,16H,2-7,10-11,13-14H2,1H3,(H,22,26)(H,23,25). The number of amides is 3. The smallest absolute Gasteiger partial charge is 0.253 e. The van der Waals surface area contributed by atoms with Crippen molar-refractivity contribution in [2.45, 2.75) is 50.3 Å². The number of hydrogen-bond acceptors (Lipinski definition) is 4. The number of thioether (sulfide) groups is 1. The number of unbranched alkanes of at least 4 members (excludes halogenated alkanes) is 3. The van der Waals surface area contributed by atoms with Crippen LogP contribution in [0.25, 0.3) is 0 Å². The summed E-state index contributed by atoms with van der Waals surface area (Å²) in [4.78, 5) is 39.8. The molecule has 3 amide bonds. The Morgan fingerprint density at radius 3 is 2.96 bits per heavy atom. The number of nitrogens with one attached hydrogen (secondary N) is 2. The number of likely N-dealkylation sites (tertiary alicyclic amines) is 1. The SMILES string of the molecule is CCCCCCNC(=O)C1CCCN(C(=O)c2ccc3c(c2)NC(=O)CS3)C1. The summed E-state index contributed by atoms with van der Waals surface area (Å²) >= 11 is 1.48. The highest BCUT2D eigenvalue weighted by Crippen LogP contribution is 2.32. The fraction of sp³-hybridized carbons (Fsp3) is 0.571. The van der Waals surface area contributed by atoms with Gasteiger partial charge in [0.15, 0.2) is 0 Å². The van der Waals surface area contributed by atoms with Gasteiger partial charge in [-0.3, -0.25) is 14.4 Å². The third-order valence-electron chi connectivity index (χ3n) is 5.27. The monoisotopic (exact) mass is 403 g/mol. The van der Waals surface area contributed by atoms with Crippen LogP contribution in [-0.2, 0) is 9.59 Å². The number of hydrogen-bond donors (Lipinski definition) is 2. The average Bonchev–Trinajstić information content (AvgIpc) is 2.72. The maximum absolute atomic E-state index is 12.9. The molecule has 0 radical (unpaired) electrons. The number of fused-ring (bicyclic) bond motifs is 1. The van der Waals surface area contributed by atoms with Crippen molar-refractivity contribution >= 4 is 35.2 Å². The predicted octanol–water partition coefficient (Wildman–Crippen LogP) is 3.28. The zero-order valence-electron chi connectivity index (χ0n) is 16.5. The molecule has 6 nitrogen and oxygen atoms in total. The highest BCUT2D eigenvalue weighted by atomic mass is 32.2. The molecule has 2 heterocycles. The molecule has 1 fully saturated rings. The quantitative estimate of drug-likeness (QED) is 0.685. The summed E-state index contributed by atoms with van der Waals surface area (Å²) in [5, 5.41) is 5.86. The van der Waals surface area contributed by atoms with Crippen molar-refractivity contribution in [2.75, 3.05) is 30.7 Å². The van der Waals surface area contributed by atoms with Gasteiger partial charge in [-0.2, -0.15) is 0 Å². The van der Waals surface area contributed by atoms with Crippen LogP contribution in [0.2, 0.25) is 0 Å². The predicted molar refractivity (Wildman–Crippen MR) is 112 cm³/mol. The van der Waals surface area contributed by atoms with Crippen molar-refractivity contribution in [3.8, 4) is 0 Å². The second kappa shape index (κ2) is 9.96. The fourth-order valence-electron chi connectivity index (χ4n) is 3.68. The van der Waals surface area contributed by atoms with Crippen LogP contribution < -0.4 is 10.6 Å². The molecule has 1 saturated heterocycles. The molecule has 0 bridgehead atoms. The van der Waals surface area contributed by atoms with Gasteiger partial charge in [-0.15, -0.1) is 11.8 Å². The van der Waals surface area contributed by atoms with Crippen LogP contribution in [0.15, 0.2) is 23.1 Å². The molecule has 28 heavy (non-hydrogen) atoms. The van der Waals surface area contributed by atoms with E-state index in [9.17, 15) is 14.4 Å². The first kappa shape index (κ1) is 20.7. The fourth-order valence-corrected chi connectivity index (χ4v) is 4.47. The minimum absolute atomic E-state index is 0.0456. The van der Waals surface area contributed by atoms with E-state index >= 15 is 0 Å². The van der Waals surface area contributed by atoms with E-state index in [1.54, 1.807) is 11.0 Å². The molecule has 1 unspecified atom stereocenters. The molecule has 2 N–H and O–H groups in total. The van der Waals surface area contributed by atoms with Gasteiger partial charge in [-0.25, -0.2) is 0 Å². The first-order valence-corrected chi connectivity index (χ1v) is 11.2. The molecule has 0 saturated carbocycles. The van der Waals surface area contributed by atoms with Crippen molar-refractivity contribution < 1.29 is 14.4 Å². The zero-order valence-corrected chi connectivity index (χ0v) is 17.3. The van der Waals surface area contributed by atoms with Crippen LogP contribution in [-0.4, -0.2) is 48.0 Å². The van der Waals surface area contributed by atoms with E-state index < -0.39 is 0 Å². The number of anilines is 1. The number of piperidine rings is 1.